The van der Waals surface area contributed by atoms with Crippen LogP contribution < -0.4 is 5.32 Å². The van der Waals surface area contributed by atoms with Gasteiger partial charge in [-0.3, -0.25) is 0 Å². The van der Waals surface area contributed by atoms with Crippen molar-refractivity contribution in [1.82, 2.24) is 15.3 Å². The van der Waals surface area contributed by atoms with Crippen molar-refractivity contribution >= 4 is 0 Å². The van der Waals surface area contributed by atoms with Gasteiger partial charge in [-0.05, 0) is 55.5 Å². The number of benzene rings is 1. The Kier molecular flexibility index (Phi) is 3.56. The summed E-state index contributed by atoms with van der Waals surface area (Å²) >= 11 is 0. The molecule has 1 aliphatic carbocycles. The zero-order chi connectivity index (χ0) is 13.1. The lowest BCUT2D eigenvalue weighted by molar-refractivity contribution is 0.574. The highest BCUT2D eigenvalue weighted by atomic mass is 14.9. The van der Waals surface area contributed by atoms with E-state index in [0.717, 1.165) is 12.1 Å². The summed E-state index contributed by atoms with van der Waals surface area (Å²) in [7, 11) is 1.99. The van der Waals surface area contributed by atoms with Crippen LogP contribution in [0, 0.1) is 0 Å². The van der Waals surface area contributed by atoms with Gasteiger partial charge in [-0.2, -0.15) is 0 Å². The lowest BCUT2D eigenvalue weighted by atomic mass is 9.99. The summed E-state index contributed by atoms with van der Waals surface area (Å²) in [6.07, 6.45) is 8.18. The highest BCUT2D eigenvalue weighted by Gasteiger charge is 2.14. The molecule has 1 unspecified atom stereocenters. The van der Waals surface area contributed by atoms with E-state index in [9.17, 15) is 0 Å². The van der Waals surface area contributed by atoms with E-state index in [2.05, 4.69) is 33.5 Å². The number of rotatable bonds is 4. The van der Waals surface area contributed by atoms with Crippen molar-refractivity contribution in [2.75, 3.05) is 7.05 Å². The molecule has 0 radical (unpaired) electrons. The van der Waals surface area contributed by atoms with Gasteiger partial charge in [0, 0.05) is 6.20 Å². The van der Waals surface area contributed by atoms with Gasteiger partial charge in [-0.15, -0.1) is 0 Å². The van der Waals surface area contributed by atoms with Crippen molar-refractivity contribution in [3.63, 3.8) is 0 Å². The van der Waals surface area contributed by atoms with E-state index < -0.39 is 0 Å². The molecule has 1 aliphatic rings. The molecule has 3 rings (SSSR count). The predicted octanol–water partition coefficient (Wildman–Crippen LogP) is 2.47. The Morgan fingerprint density at radius 3 is 2.89 bits per heavy atom. The Hall–Kier alpha value is -1.74. The Morgan fingerprint density at radius 1 is 1.21 bits per heavy atom. The number of fused-ring (bicyclic) bond motifs is 1. The minimum Gasteiger partial charge on any atom is -0.311 e. The summed E-state index contributed by atoms with van der Waals surface area (Å²) in [6.45, 7) is 0. The van der Waals surface area contributed by atoms with Gasteiger partial charge in [0.15, 0.2) is 0 Å². The second-order valence-electron chi connectivity index (χ2n) is 5.14. The monoisotopic (exact) mass is 253 g/mol. The molecule has 0 aliphatic heterocycles. The SMILES string of the molecule is CNC(Cc1ccc2c(c1)CCC2)c1ccncn1. The van der Waals surface area contributed by atoms with Crippen molar-refractivity contribution in [2.45, 2.75) is 31.7 Å². The van der Waals surface area contributed by atoms with Gasteiger partial charge in [0.2, 0.25) is 0 Å². The number of likely N-dealkylation sites (N-methyl/N-ethyl adjacent to an activating group) is 1. The highest BCUT2D eigenvalue weighted by molar-refractivity contribution is 5.35. The van der Waals surface area contributed by atoms with E-state index in [4.69, 9.17) is 0 Å². The van der Waals surface area contributed by atoms with Crippen molar-refractivity contribution in [3.8, 4) is 0 Å². The number of hydrogen-bond acceptors (Lipinski definition) is 3. The molecule has 0 amide bonds. The summed E-state index contributed by atoms with van der Waals surface area (Å²) in [6, 6.07) is 9.16. The maximum absolute atomic E-state index is 4.34. The van der Waals surface area contributed by atoms with Crippen molar-refractivity contribution in [1.29, 1.82) is 0 Å². The molecule has 0 fully saturated rings. The molecule has 0 spiro atoms. The quantitative estimate of drug-likeness (QED) is 0.909. The molecule has 19 heavy (non-hydrogen) atoms. The van der Waals surface area contributed by atoms with E-state index in [1.807, 2.05) is 13.1 Å². The van der Waals surface area contributed by atoms with E-state index in [-0.39, 0.29) is 6.04 Å². The lowest BCUT2D eigenvalue weighted by Gasteiger charge is -2.16. The van der Waals surface area contributed by atoms with Gasteiger partial charge in [-0.25, -0.2) is 9.97 Å². The van der Waals surface area contributed by atoms with Crippen LogP contribution in [0.2, 0.25) is 0 Å². The van der Waals surface area contributed by atoms with Gasteiger partial charge in [0.25, 0.3) is 0 Å². The Balaban J connectivity index is 1.80. The summed E-state index contributed by atoms with van der Waals surface area (Å²) < 4.78 is 0. The van der Waals surface area contributed by atoms with E-state index in [1.54, 1.807) is 12.5 Å². The fraction of sp³-hybridized carbons (Fsp3) is 0.375. The second kappa shape index (κ2) is 5.49. The third-order valence-electron chi connectivity index (χ3n) is 3.91. The molecule has 0 saturated heterocycles. The molecular weight excluding hydrogens is 234 g/mol. The van der Waals surface area contributed by atoms with E-state index >= 15 is 0 Å². The van der Waals surface area contributed by atoms with Crippen molar-refractivity contribution in [3.05, 3.63) is 59.2 Å². The Labute approximate surface area is 114 Å². The minimum atomic E-state index is 0.252. The molecule has 1 aromatic carbocycles. The lowest BCUT2D eigenvalue weighted by Crippen LogP contribution is -2.20. The number of hydrogen-bond donors (Lipinski definition) is 1. The third kappa shape index (κ3) is 2.66. The second-order valence-corrected chi connectivity index (χ2v) is 5.14. The number of nitrogens with one attached hydrogen (secondary N) is 1. The molecule has 1 heterocycles. The molecule has 2 aromatic rings. The topological polar surface area (TPSA) is 37.8 Å². The average Bonchev–Trinajstić information content (AvgIpc) is 2.93. The van der Waals surface area contributed by atoms with Crippen LogP contribution in [0.4, 0.5) is 0 Å². The first-order valence-electron chi connectivity index (χ1n) is 6.90. The van der Waals surface area contributed by atoms with Crippen LogP contribution in [0.3, 0.4) is 0 Å². The van der Waals surface area contributed by atoms with Crippen LogP contribution in [-0.4, -0.2) is 17.0 Å². The van der Waals surface area contributed by atoms with Gasteiger partial charge in [0.05, 0.1) is 11.7 Å². The smallest absolute Gasteiger partial charge is 0.115 e. The molecular formula is C16H19N3. The zero-order valence-corrected chi connectivity index (χ0v) is 11.3. The normalized spacial score (nSPS) is 15.2. The standard InChI is InChI=1S/C16H19N3/c1-17-16(15-7-8-18-11-19-15)10-12-5-6-13-3-2-4-14(13)9-12/h5-9,11,16-17H,2-4,10H2,1H3. The van der Waals surface area contributed by atoms with E-state index in [0.29, 0.717) is 0 Å². The summed E-state index contributed by atoms with van der Waals surface area (Å²) in [5.74, 6) is 0. The first kappa shape index (κ1) is 12.3. The van der Waals surface area contributed by atoms with E-state index in [1.165, 1.54) is 36.0 Å². The van der Waals surface area contributed by atoms with Crippen molar-refractivity contribution in [2.24, 2.45) is 0 Å². The van der Waals surface area contributed by atoms with Gasteiger partial charge < -0.3 is 5.32 Å². The first-order chi connectivity index (χ1) is 9.36. The van der Waals surface area contributed by atoms with Gasteiger partial charge in [0.1, 0.15) is 6.33 Å². The van der Waals surface area contributed by atoms with Crippen LogP contribution in [0.5, 0.6) is 0 Å². The summed E-state index contributed by atoms with van der Waals surface area (Å²) in [5, 5.41) is 3.34. The summed E-state index contributed by atoms with van der Waals surface area (Å²) in [5.41, 5.74) is 5.51. The maximum atomic E-state index is 4.34. The van der Waals surface area contributed by atoms with Gasteiger partial charge >= 0.3 is 0 Å². The Morgan fingerprint density at radius 2 is 2.11 bits per heavy atom. The Bertz CT molecular complexity index is 551. The molecule has 1 N–H and O–H groups in total. The van der Waals surface area contributed by atoms with Crippen LogP contribution in [0.1, 0.15) is 34.8 Å². The third-order valence-corrected chi connectivity index (χ3v) is 3.91. The number of aryl methyl sites for hydroxylation is 2. The molecule has 98 valence electrons. The molecule has 0 bridgehead atoms. The molecule has 3 heteroatoms. The molecule has 3 nitrogen and oxygen atoms in total. The first-order valence-corrected chi connectivity index (χ1v) is 6.90. The zero-order valence-electron chi connectivity index (χ0n) is 11.3. The largest absolute Gasteiger partial charge is 0.311 e. The fourth-order valence-electron chi connectivity index (χ4n) is 2.85. The summed E-state index contributed by atoms with van der Waals surface area (Å²) in [4.78, 5) is 8.32. The average molecular weight is 253 g/mol. The molecule has 1 atom stereocenters. The molecule has 1 aromatic heterocycles. The van der Waals surface area contributed by atoms with Crippen molar-refractivity contribution < 1.29 is 0 Å². The van der Waals surface area contributed by atoms with Gasteiger partial charge in [-0.1, -0.05) is 18.2 Å². The number of aromatic nitrogens is 2. The number of nitrogens with zero attached hydrogens (tertiary/aromatic N) is 2. The maximum Gasteiger partial charge on any atom is 0.115 e. The molecule has 0 saturated carbocycles. The van der Waals surface area contributed by atoms with Crippen LogP contribution in [-0.2, 0) is 19.3 Å². The predicted molar refractivity (Wildman–Crippen MR) is 76.0 cm³/mol. The van der Waals surface area contributed by atoms with Crippen LogP contribution in [0.15, 0.2) is 36.8 Å². The van der Waals surface area contributed by atoms with Crippen LogP contribution in [0.25, 0.3) is 0 Å². The minimum absolute atomic E-state index is 0.252. The van der Waals surface area contributed by atoms with Crippen LogP contribution >= 0.6 is 0 Å². The highest BCUT2D eigenvalue weighted by Crippen LogP contribution is 2.25. The fourth-order valence-corrected chi connectivity index (χ4v) is 2.85.